The van der Waals surface area contributed by atoms with Crippen molar-refractivity contribution >= 4 is 33.2 Å². The normalized spacial score (nSPS) is 17.3. The summed E-state index contributed by atoms with van der Waals surface area (Å²) in [5.41, 5.74) is 0.662. The summed E-state index contributed by atoms with van der Waals surface area (Å²) in [4.78, 5) is 18.3. The smallest absolute Gasteiger partial charge is 0.254 e. The van der Waals surface area contributed by atoms with E-state index in [4.69, 9.17) is 9.47 Å². The summed E-state index contributed by atoms with van der Waals surface area (Å²) in [5.74, 6) is 1.42. The summed E-state index contributed by atoms with van der Waals surface area (Å²) in [6.07, 6.45) is 0. The molecular formula is C17H17BrN2O3S. The summed E-state index contributed by atoms with van der Waals surface area (Å²) < 4.78 is 11.8. The van der Waals surface area contributed by atoms with Gasteiger partial charge < -0.3 is 14.4 Å². The second-order valence-electron chi connectivity index (χ2n) is 5.84. The Bertz CT molecular complexity index is 756. The van der Waals surface area contributed by atoms with Gasteiger partial charge in [-0.3, -0.25) is 9.69 Å². The number of carbonyl (C=O) groups excluding carboxylic acids is 1. The van der Waals surface area contributed by atoms with Crippen LogP contribution < -0.4 is 9.47 Å². The Kier molecular flexibility index (Phi) is 4.47. The third-order valence-corrected chi connectivity index (χ3v) is 5.90. The summed E-state index contributed by atoms with van der Waals surface area (Å²) in [7, 11) is 0. The van der Waals surface area contributed by atoms with Crippen molar-refractivity contribution in [3.63, 3.8) is 0 Å². The molecule has 126 valence electrons. The predicted octanol–water partition coefficient (Wildman–Crippen LogP) is 3.20. The van der Waals surface area contributed by atoms with Crippen molar-refractivity contribution in [1.82, 2.24) is 9.80 Å². The minimum atomic E-state index is 0.0619. The molecule has 2 aromatic rings. The van der Waals surface area contributed by atoms with E-state index in [2.05, 4.69) is 33.0 Å². The highest BCUT2D eigenvalue weighted by atomic mass is 79.9. The van der Waals surface area contributed by atoms with Crippen molar-refractivity contribution in [2.45, 2.75) is 6.54 Å². The number of amides is 1. The summed E-state index contributed by atoms with van der Waals surface area (Å²) >= 11 is 5.27. The first kappa shape index (κ1) is 15.9. The van der Waals surface area contributed by atoms with Gasteiger partial charge in [0.2, 0.25) is 6.79 Å². The summed E-state index contributed by atoms with van der Waals surface area (Å²) in [5, 5.41) is 0. The lowest BCUT2D eigenvalue weighted by molar-refractivity contribution is 0.0629. The molecule has 1 aromatic heterocycles. The molecule has 24 heavy (non-hydrogen) atoms. The van der Waals surface area contributed by atoms with E-state index in [9.17, 15) is 4.79 Å². The van der Waals surface area contributed by atoms with Crippen LogP contribution in [0, 0.1) is 0 Å². The molecule has 0 radical (unpaired) electrons. The number of fused-ring (bicyclic) bond motifs is 1. The van der Waals surface area contributed by atoms with Gasteiger partial charge in [0, 0.05) is 43.2 Å². The van der Waals surface area contributed by atoms with Crippen molar-refractivity contribution < 1.29 is 14.3 Å². The van der Waals surface area contributed by atoms with E-state index in [-0.39, 0.29) is 12.7 Å². The Labute approximate surface area is 152 Å². The highest BCUT2D eigenvalue weighted by molar-refractivity contribution is 9.11. The minimum Gasteiger partial charge on any atom is -0.454 e. The standard InChI is InChI=1S/C17H17BrN2O3S/c18-16-4-2-13(24-16)10-19-5-7-20(8-6-19)17(21)12-1-3-14-15(9-12)23-11-22-14/h1-4,9H,5-8,10-11H2. The number of ether oxygens (including phenoxy) is 2. The Morgan fingerprint density at radius 3 is 2.62 bits per heavy atom. The molecule has 2 aliphatic heterocycles. The molecule has 0 spiro atoms. The van der Waals surface area contributed by atoms with E-state index in [1.54, 1.807) is 23.5 Å². The van der Waals surface area contributed by atoms with Crippen molar-refractivity contribution in [1.29, 1.82) is 0 Å². The largest absolute Gasteiger partial charge is 0.454 e. The van der Waals surface area contributed by atoms with Crippen molar-refractivity contribution in [2.75, 3.05) is 33.0 Å². The lowest BCUT2D eigenvalue weighted by atomic mass is 10.1. The Morgan fingerprint density at radius 1 is 1.08 bits per heavy atom. The molecule has 0 saturated carbocycles. The molecule has 0 aliphatic carbocycles. The first-order valence-corrected chi connectivity index (χ1v) is 9.45. The maximum atomic E-state index is 12.7. The Morgan fingerprint density at radius 2 is 1.88 bits per heavy atom. The molecule has 1 amide bonds. The van der Waals surface area contributed by atoms with Gasteiger partial charge in [0.1, 0.15) is 0 Å². The van der Waals surface area contributed by atoms with E-state index >= 15 is 0 Å². The maximum absolute atomic E-state index is 12.7. The quantitative estimate of drug-likeness (QED) is 0.781. The molecular weight excluding hydrogens is 392 g/mol. The molecule has 5 nitrogen and oxygen atoms in total. The van der Waals surface area contributed by atoms with E-state index in [1.165, 1.54) is 4.88 Å². The molecule has 2 aliphatic rings. The van der Waals surface area contributed by atoms with Gasteiger partial charge in [0.05, 0.1) is 3.79 Å². The van der Waals surface area contributed by atoms with E-state index in [0.29, 0.717) is 17.1 Å². The number of rotatable bonds is 3. The molecule has 4 rings (SSSR count). The lowest BCUT2D eigenvalue weighted by Crippen LogP contribution is -2.48. The van der Waals surface area contributed by atoms with Crippen LogP contribution in [0.3, 0.4) is 0 Å². The van der Waals surface area contributed by atoms with Crippen LogP contribution in [-0.2, 0) is 6.54 Å². The fourth-order valence-electron chi connectivity index (χ4n) is 2.98. The van der Waals surface area contributed by atoms with Crippen LogP contribution in [-0.4, -0.2) is 48.7 Å². The van der Waals surface area contributed by atoms with E-state index in [1.807, 2.05) is 11.0 Å². The lowest BCUT2D eigenvalue weighted by Gasteiger charge is -2.34. The summed E-state index contributed by atoms with van der Waals surface area (Å²) in [6.45, 7) is 4.46. The number of benzene rings is 1. The molecule has 1 aromatic carbocycles. The van der Waals surface area contributed by atoms with Gasteiger partial charge in [-0.1, -0.05) is 0 Å². The van der Waals surface area contributed by atoms with E-state index < -0.39 is 0 Å². The van der Waals surface area contributed by atoms with Gasteiger partial charge in [-0.25, -0.2) is 0 Å². The van der Waals surface area contributed by atoms with Crippen LogP contribution in [0.25, 0.3) is 0 Å². The van der Waals surface area contributed by atoms with E-state index in [0.717, 1.165) is 36.5 Å². The molecule has 0 bridgehead atoms. The van der Waals surface area contributed by atoms with Crippen LogP contribution in [0.2, 0.25) is 0 Å². The van der Waals surface area contributed by atoms with Crippen LogP contribution in [0.1, 0.15) is 15.2 Å². The predicted molar refractivity (Wildman–Crippen MR) is 95.8 cm³/mol. The fourth-order valence-corrected chi connectivity index (χ4v) is 4.50. The molecule has 0 N–H and O–H groups in total. The second-order valence-corrected chi connectivity index (χ2v) is 8.39. The second kappa shape index (κ2) is 6.74. The summed E-state index contributed by atoms with van der Waals surface area (Å²) in [6, 6.07) is 9.63. The van der Waals surface area contributed by atoms with Gasteiger partial charge in [-0.05, 0) is 46.3 Å². The zero-order valence-corrected chi connectivity index (χ0v) is 15.4. The fraction of sp³-hybridized carbons (Fsp3) is 0.353. The van der Waals surface area contributed by atoms with Gasteiger partial charge in [-0.2, -0.15) is 0 Å². The number of hydrogen-bond acceptors (Lipinski definition) is 5. The highest BCUT2D eigenvalue weighted by Crippen LogP contribution is 2.33. The minimum absolute atomic E-state index is 0.0619. The average molecular weight is 409 g/mol. The van der Waals surface area contributed by atoms with Crippen molar-refractivity contribution in [3.05, 3.63) is 44.6 Å². The monoisotopic (exact) mass is 408 g/mol. The van der Waals surface area contributed by atoms with Gasteiger partial charge in [-0.15, -0.1) is 11.3 Å². The van der Waals surface area contributed by atoms with Gasteiger partial charge in [0.15, 0.2) is 11.5 Å². The topological polar surface area (TPSA) is 42.0 Å². The average Bonchev–Trinajstić information content (AvgIpc) is 3.23. The van der Waals surface area contributed by atoms with Crippen LogP contribution >= 0.6 is 27.3 Å². The molecule has 0 atom stereocenters. The zero-order chi connectivity index (χ0) is 16.5. The molecule has 7 heteroatoms. The first-order valence-electron chi connectivity index (χ1n) is 7.84. The van der Waals surface area contributed by atoms with Crippen LogP contribution in [0.15, 0.2) is 34.1 Å². The van der Waals surface area contributed by atoms with Gasteiger partial charge in [0.25, 0.3) is 5.91 Å². The van der Waals surface area contributed by atoms with Crippen LogP contribution in [0.4, 0.5) is 0 Å². The number of piperazine rings is 1. The van der Waals surface area contributed by atoms with Crippen LogP contribution in [0.5, 0.6) is 11.5 Å². The molecule has 1 saturated heterocycles. The Balaban J connectivity index is 1.36. The van der Waals surface area contributed by atoms with Crippen molar-refractivity contribution in [3.8, 4) is 11.5 Å². The zero-order valence-electron chi connectivity index (χ0n) is 13.0. The first-order chi connectivity index (χ1) is 11.7. The molecule has 3 heterocycles. The third-order valence-electron chi connectivity index (χ3n) is 4.29. The number of hydrogen-bond donors (Lipinski definition) is 0. The Hall–Kier alpha value is -1.57. The number of nitrogens with zero attached hydrogens (tertiary/aromatic N) is 2. The number of thiophene rings is 1. The van der Waals surface area contributed by atoms with Gasteiger partial charge >= 0.3 is 0 Å². The SMILES string of the molecule is O=C(c1ccc2c(c1)OCO2)N1CCN(Cc2ccc(Br)s2)CC1. The molecule has 0 unspecified atom stereocenters. The van der Waals surface area contributed by atoms with Crippen molar-refractivity contribution in [2.24, 2.45) is 0 Å². The number of halogens is 1. The molecule has 1 fully saturated rings. The maximum Gasteiger partial charge on any atom is 0.254 e. The highest BCUT2D eigenvalue weighted by Gasteiger charge is 2.24. The number of carbonyl (C=O) groups is 1. The third kappa shape index (κ3) is 3.29.